The molecule has 3 rings (SSSR count). The van der Waals surface area contributed by atoms with Crippen LogP contribution in [0.1, 0.15) is 66.6 Å². The first-order valence-corrected chi connectivity index (χ1v) is 8.91. The molecule has 24 heavy (non-hydrogen) atoms. The molecule has 0 radical (unpaired) electrons. The van der Waals surface area contributed by atoms with E-state index in [-0.39, 0.29) is 5.60 Å². The first-order valence-electron chi connectivity index (χ1n) is 8.91. The molecule has 0 unspecified atom stereocenters. The fraction of sp³-hybridized carbons (Fsp3) is 0.478. The van der Waals surface area contributed by atoms with Gasteiger partial charge in [0, 0.05) is 5.56 Å². The molecule has 1 nitrogen and oxygen atoms in total. The smallest absolute Gasteiger partial charge is 0.131 e. The van der Waals surface area contributed by atoms with Crippen molar-refractivity contribution in [1.82, 2.24) is 0 Å². The number of aryl methyl sites for hydroxylation is 3. The lowest BCUT2D eigenvalue weighted by atomic mass is 9.79. The Labute approximate surface area is 146 Å². The van der Waals surface area contributed by atoms with Crippen LogP contribution in [0.15, 0.2) is 5.57 Å². The number of benzene rings is 2. The Bertz CT molecular complexity index is 924. The van der Waals surface area contributed by atoms with E-state index in [0.717, 1.165) is 5.75 Å². The molecule has 0 spiro atoms. The minimum Gasteiger partial charge on any atom is -0.483 e. The Morgan fingerprint density at radius 3 is 1.58 bits per heavy atom. The summed E-state index contributed by atoms with van der Waals surface area (Å²) in [4.78, 5) is 0. The molecule has 0 fully saturated rings. The van der Waals surface area contributed by atoms with Crippen molar-refractivity contribution in [1.29, 1.82) is 0 Å². The van der Waals surface area contributed by atoms with Crippen molar-refractivity contribution in [3.63, 3.8) is 0 Å². The number of rotatable bonds is 0. The number of ether oxygens (including phenoxy) is 1. The molecule has 0 saturated heterocycles. The van der Waals surface area contributed by atoms with Gasteiger partial charge >= 0.3 is 0 Å². The Kier molecular flexibility index (Phi) is 3.64. The van der Waals surface area contributed by atoms with Gasteiger partial charge in [-0.25, -0.2) is 0 Å². The maximum absolute atomic E-state index is 6.53. The average Bonchev–Trinajstić information content (AvgIpc) is 2.52. The molecule has 0 aliphatic carbocycles. The van der Waals surface area contributed by atoms with Gasteiger partial charge in [0.25, 0.3) is 0 Å². The van der Waals surface area contributed by atoms with Crippen molar-refractivity contribution < 1.29 is 4.74 Å². The third-order valence-electron chi connectivity index (χ3n) is 6.64. The summed E-state index contributed by atoms with van der Waals surface area (Å²) in [6.45, 7) is 22.3. The number of hydrogen-bond donors (Lipinski definition) is 0. The van der Waals surface area contributed by atoms with E-state index in [2.05, 4.69) is 69.2 Å². The molecule has 128 valence electrons. The van der Waals surface area contributed by atoms with Crippen molar-refractivity contribution in [2.24, 2.45) is 0 Å². The molecule has 1 heterocycles. The van der Waals surface area contributed by atoms with E-state index in [1.165, 1.54) is 60.9 Å². The van der Waals surface area contributed by atoms with E-state index >= 15 is 0 Å². The van der Waals surface area contributed by atoms with Crippen molar-refractivity contribution in [3.05, 3.63) is 44.5 Å². The summed E-state index contributed by atoms with van der Waals surface area (Å²) in [5.41, 5.74) is 12.0. The van der Waals surface area contributed by atoms with Crippen LogP contribution in [-0.2, 0) is 0 Å². The van der Waals surface area contributed by atoms with Crippen LogP contribution in [0.5, 0.6) is 5.75 Å². The van der Waals surface area contributed by atoms with E-state index in [0.29, 0.717) is 0 Å². The van der Waals surface area contributed by atoms with Crippen LogP contribution in [0.3, 0.4) is 0 Å². The third kappa shape index (κ3) is 2.00. The van der Waals surface area contributed by atoms with Gasteiger partial charge in [-0.2, -0.15) is 0 Å². The Hall–Kier alpha value is -1.76. The molecule has 0 amide bonds. The van der Waals surface area contributed by atoms with E-state index in [9.17, 15) is 0 Å². The highest BCUT2D eigenvalue weighted by atomic mass is 16.5. The van der Waals surface area contributed by atoms with E-state index in [1.54, 1.807) is 0 Å². The highest BCUT2D eigenvalue weighted by Crippen LogP contribution is 2.49. The molecule has 1 aliphatic rings. The molecule has 0 N–H and O–H groups in total. The van der Waals surface area contributed by atoms with Gasteiger partial charge in [0.15, 0.2) is 0 Å². The van der Waals surface area contributed by atoms with Gasteiger partial charge in [-0.1, -0.05) is 0 Å². The first-order chi connectivity index (χ1) is 11.0. The Balaban J connectivity index is 2.66. The van der Waals surface area contributed by atoms with E-state index < -0.39 is 0 Å². The quantitative estimate of drug-likeness (QED) is 0.527. The predicted molar refractivity (Wildman–Crippen MR) is 105 cm³/mol. The van der Waals surface area contributed by atoms with Gasteiger partial charge in [-0.05, 0) is 125 Å². The zero-order valence-electron chi connectivity index (χ0n) is 16.9. The van der Waals surface area contributed by atoms with Crippen LogP contribution in [0, 0.1) is 41.5 Å². The van der Waals surface area contributed by atoms with Crippen molar-refractivity contribution in [2.45, 2.75) is 74.8 Å². The van der Waals surface area contributed by atoms with E-state index in [1.807, 2.05) is 0 Å². The van der Waals surface area contributed by atoms with Crippen LogP contribution < -0.4 is 4.74 Å². The fourth-order valence-electron chi connectivity index (χ4n) is 4.21. The maximum atomic E-state index is 6.53. The third-order valence-corrected chi connectivity index (χ3v) is 6.64. The van der Waals surface area contributed by atoms with E-state index in [4.69, 9.17) is 4.74 Å². The zero-order valence-corrected chi connectivity index (χ0v) is 16.9. The fourth-order valence-corrected chi connectivity index (χ4v) is 4.21. The highest BCUT2D eigenvalue weighted by molar-refractivity contribution is 6.04. The topological polar surface area (TPSA) is 9.23 Å². The lowest BCUT2D eigenvalue weighted by Crippen LogP contribution is -2.34. The van der Waals surface area contributed by atoms with Crippen molar-refractivity contribution in [3.8, 4) is 5.75 Å². The second kappa shape index (κ2) is 5.12. The zero-order chi connectivity index (χ0) is 18.1. The molecule has 1 heteroatoms. The van der Waals surface area contributed by atoms with Gasteiger partial charge < -0.3 is 4.74 Å². The number of allylic oxidation sites excluding steroid dienone is 1. The molecule has 0 bridgehead atoms. The SMILES string of the molecule is CC1=C(C)C(C)(C)Oc2c(C)c(C)c3c(C)c(C)c(C)c(C)c3c21. The van der Waals surface area contributed by atoms with Crippen LogP contribution in [-0.4, -0.2) is 5.60 Å². The van der Waals surface area contributed by atoms with Gasteiger partial charge in [-0.3, -0.25) is 0 Å². The molecule has 0 atom stereocenters. The van der Waals surface area contributed by atoms with Gasteiger partial charge in [0.2, 0.25) is 0 Å². The first kappa shape index (κ1) is 17.1. The number of fused-ring (bicyclic) bond motifs is 3. The normalized spacial score (nSPS) is 16.4. The molecule has 2 aromatic rings. The molecule has 0 saturated carbocycles. The highest BCUT2D eigenvalue weighted by Gasteiger charge is 2.34. The minimum absolute atomic E-state index is 0.245. The Morgan fingerprint density at radius 2 is 1.04 bits per heavy atom. The standard InChI is InChI=1S/C23H30O/c1-11-12(2)14(4)20-19(13(11)3)15(5)16(6)22-21(20)17(7)18(8)23(9,10)24-22/h1-10H3. The lowest BCUT2D eigenvalue weighted by Gasteiger charge is -2.37. The molecule has 0 aromatic heterocycles. The minimum atomic E-state index is -0.245. The van der Waals surface area contributed by atoms with Crippen LogP contribution >= 0.6 is 0 Å². The summed E-state index contributed by atoms with van der Waals surface area (Å²) in [5.74, 6) is 1.08. The predicted octanol–water partition coefficient (Wildman–Crippen LogP) is 6.65. The second-order valence-corrected chi connectivity index (χ2v) is 8.07. The van der Waals surface area contributed by atoms with Gasteiger partial charge in [0.05, 0.1) is 0 Å². The average molecular weight is 322 g/mol. The van der Waals surface area contributed by atoms with Crippen LogP contribution in [0.4, 0.5) is 0 Å². The van der Waals surface area contributed by atoms with Crippen LogP contribution in [0.25, 0.3) is 16.3 Å². The Morgan fingerprint density at radius 1 is 0.583 bits per heavy atom. The largest absolute Gasteiger partial charge is 0.483 e. The second-order valence-electron chi connectivity index (χ2n) is 8.07. The van der Waals surface area contributed by atoms with Gasteiger partial charge in [0.1, 0.15) is 11.4 Å². The maximum Gasteiger partial charge on any atom is 0.131 e. The van der Waals surface area contributed by atoms with Crippen LogP contribution in [0.2, 0.25) is 0 Å². The molecular formula is C23H30O. The summed E-state index contributed by atoms with van der Waals surface area (Å²) in [6, 6.07) is 0. The monoisotopic (exact) mass is 322 g/mol. The summed E-state index contributed by atoms with van der Waals surface area (Å²) < 4.78 is 6.53. The molecule has 1 aliphatic heterocycles. The summed E-state index contributed by atoms with van der Waals surface area (Å²) in [7, 11) is 0. The summed E-state index contributed by atoms with van der Waals surface area (Å²) >= 11 is 0. The lowest BCUT2D eigenvalue weighted by molar-refractivity contribution is 0.143. The molecule has 2 aromatic carbocycles. The molecular weight excluding hydrogens is 292 g/mol. The van der Waals surface area contributed by atoms with Crippen molar-refractivity contribution >= 4 is 16.3 Å². The van der Waals surface area contributed by atoms with Crippen molar-refractivity contribution in [2.75, 3.05) is 0 Å². The summed E-state index contributed by atoms with van der Waals surface area (Å²) in [5, 5.41) is 2.81. The van der Waals surface area contributed by atoms with Gasteiger partial charge in [-0.15, -0.1) is 0 Å². The summed E-state index contributed by atoms with van der Waals surface area (Å²) in [6.07, 6.45) is 0. The number of hydrogen-bond acceptors (Lipinski definition) is 1.